The average Bonchev–Trinajstić information content (AvgIpc) is 3.24. The summed E-state index contributed by atoms with van der Waals surface area (Å²) in [6, 6.07) is 7.46. The number of carbonyl (C=O) groups is 4. The molecule has 10 heteroatoms. The molecule has 2 atom stereocenters. The highest BCUT2D eigenvalue weighted by Gasteiger charge is 2.56. The normalized spacial score (nSPS) is 21.4. The molecule has 3 N–H and O–H groups in total. The number of hydrogen-bond acceptors (Lipinski definition) is 5. The van der Waals surface area contributed by atoms with E-state index in [9.17, 15) is 19.2 Å². The molecule has 0 unspecified atom stereocenters. The molecule has 1 aromatic heterocycles. The predicted molar refractivity (Wildman–Crippen MR) is 116 cm³/mol. The van der Waals surface area contributed by atoms with E-state index in [2.05, 4.69) is 10.4 Å². The Balaban J connectivity index is 1.43. The van der Waals surface area contributed by atoms with Crippen LogP contribution in [0.3, 0.4) is 0 Å². The molecule has 1 aliphatic carbocycles. The van der Waals surface area contributed by atoms with E-state index in [1.807, 2.05) is 6.92 Å². The third-order valence-corrected chi connectivity index (χ3v) is 6.97. The molecule has 33 heavy (non-hydrogen) atoms. The van der Waals surface area contributed by atoms with Crippen molar-refractivity contribution in [2.24, 2.45) is 17.1 Å². The van der Waals surface area contributed by atoms with Crippen molar-refractivity contribution in [1.82, 2.24) is 25.1 Å². The number of fused-ring (bicyclic) bond motifs is 2. The van der Waals surface area contributed by atoms with Crippen molar-refractivity contribution in [3.05, 3.63) is 53.3 Å². The molecule has 2 aromatic rings. The first-order valence-corrected chi connectivity index (χ1v) is 11.2. The lowest BCUT2D eigenvalue weighted by Crippen LogP contribution is -2.48. The fraction of sp³-hybridized carbons (Fsp3) is 0.435. The minimum atomic E-state index is -0.973. The first kappa shape index (κ1) is 21.2. The van der Waals surface area contributed by atoms with E-state index in [1.54, 1.807) is 29.3 Å². The molecule has 3 aliphatic rings. The molecule has 1 aromatic carbocycles. The molecule has 1 spiro atoms. The molecule has 172 valence electrons. The quantitative estimate of drug-likeness (QED) is 0.674. The largest absolute Gasteiger partial charge is 0.364 e. The van der Waals surface area contributed by atoms with Crippen molar-refractivity contribution in [2.75, 3.05) is 13.1 Å². The van der Waals surface area contributed by atoms with Crippen molar-refractivity contribution < 1.29 is 19.2 Å². The average molecular weight is 450 g/mol. The maximum absolute atomic E-state index is 13.6. The van der Waals surface area contributed by atoms with Gasteiger partial charge in [0.05, 0.1) is 25.6 Å². The third-order valence-electron chi connectivity index (χ3n) is 6.97. The fourth-order valence-electron chi connectivity index (χ4n) is 4.79. The van der Waals surface area contributed by atoms with Crippen molar-refractivity contribution in [1.29, 1.82) is 0 Å². The molecule has 10 nitrogen and oxygen atoms in total. The highest BCUT2D eigenvalue weighted by molar-refractivity contribution is 6.02. The second-order valence-electron chi connectivity index (χ2n) is 9.16. The topological polar surface area (TPSA) is 131 Å². The molecule has 0 bridgehead atoms. The number of hydrazine groups is 1. The van der Waals surface area contributed by atoms with Crippen molar-refractivity contribution >= 4 is 23.6 Å². The van der Waals surface area contributed by atoms with Crippen LogP contribution in [0.5, 0.6) is 0 Å². The zero-order valence-electron chi connectivity index (χ0n) is 18.4. The van der Waals surface area contributed by atoms with Crippen molar-refractivity contribution in [3.63, 3.8) is 0 Å². The number of nitrogens with one attached hydrogen (secondary N) is 1. The summed E-state index contributed by atoms with van der Waals surface area (Å²) in [5, 5.41) is 10.1. The zero-order valence-corrected chi connectivity index (χ0v) is 18.4. The monoisotopic (exact) mass is 450 g/mol. The van der Waals surface area contributed by atoms with Gasteiger partial charge in [0.25, 0.3) is 17.7 Å². The van der Waals surface area contributed by atoms with Crippen LogP contribution >= 0.6 is 0 Å². The van der Waals surface area contributed by atoms with Crippen LogP contribution < -0.4 is 11.1 Å². The van der Waals surface area contributed by atoms with E-state index in [1.165, 1.54) is 22.0 Å². The van der Waals surface area contributed by atoms with Gasteiger partial charge in [-0.1, -0.05) is 25.1 Å². The molecule has 1 saturated carbocycles. The summed E-state index contributed by atoms with van der Waals surface area (Å²) < 4.78 is 1.40. The highest BCUT2D eigenvalue weighted by atomic mass is 16.2. The Hall–Kier alpha value is -3.69. The number of nitrogens with two attached hydrogens (primary N) is 1. The Bertz CT molecular complexity index is 1150. The van der Waals surface area contributed by atoms with Gasteiger partial charge in [0.2, 0.25) is 5.91 Å². The third kappa shape index (κ3) is 3.55. The van der Waals surface area contributed by atoms with E-state index in [4.69, 9.17) is 5.73 Å². The van der Waals surface area contributed by atoms with Crippen LogP contribution in [0.15, 0.2) is 36.5 Å². The minimum Gasteiger partial charge on any atom is -0.364 e. The van der Waals surface area contributed by atoms with Crippen LogP contribution in [0.2, 0.25) is 0 Å². The predicted octanol–water partition coefficient (Wildman–Crippen LogP) is 0.859. The Morgan fingerprint density at radius 1 is 1.18 bits per heavy atom. The summed E-state index contributed by atoms with van der Waals surface area (Å²) in [6.07, 6.45) is 3.90. The summed E-state index contributed by atoms with van der Waals surface area (Å²) in [5.41, 5.74) is 6.51. The van der Waals surface area contributed by atoms with Gasteiger partial charge in [0.15, 0.2) is 0 Å². The fourth-order valence-corrected chi connectivity index (χ4v) is 4.79. The van der Waals surface area contributed by atoms with Gasteiger partial charge in [-0.25, -0.2) is 10.0 Å². The van der Waals surface area contributed by atoms with Crippen LogP contribution in [-0.4, -0.2) is 56.5 Å². The second-order valence-corrected chi connectivity index (χ2v) is 9.16. The molecule has 2 fully saturated rings. The zero-order chi connectivity index (χ0) is 23.3. The van der Waals surface area contributed by atoms with Gasteiger partial charge in [-0.15, -0.1) is 0 Å². The SMILES string of the molecule is CC[C@H](Cn1nccc1C(N)=O)C(=O)N[C@@H]1C(=O)N2CC3(CC3)CN2C(=O)c2ccccc21. The Morgan fingerprint density at radius 3 is 2.61 bits per heavy atom. The Kier molecular flexibility index (Phi) is 4.95. The van der Waals surface area contributed by atoms with E-state index in [0.29, 0.717) is 30.6 Å². The number of primary amides is 1. The van der Waals surface area contributed by atoms with Gasteiger partial charge in [0.1, 0.15) is 11.7 Å². The highest BCUT2D eigenvalue weighted by Crippen LogP contribution is 2.52. The van der Waals surface area contributed by atoms with Crippen molar-refractivity contribution in [3.8, 4) is 0 Å². The van der Waals surface area contributed by atoms with Crippen LogP contribution in [0.25, 0.3) is 0 Å². The maximum Gasteiger partial charge on any atom is 0.272 e. The van der Waals surface area contributed by atoms with Gasteiger partial charge in [0, 0.05) is 17.2 Å². The van der Waals surface area contributed by atoms with Crippen LogP contribution in [-0.2, 0) is 16.1 Å². The molecule has 4 amide bonds. The number of carbonyl (C=O) groups excluding carboxylic acids is 4. The number of benzene rings is 1. The lowest BCUT2D eigenvalue weighted by molar-refractivity contribution is -0.145. The molecular weight excluding hydrogens is 424 g/mol. The molecule has 5 rings (SSSR count). The minimum absolute atomic E-state index is 0.0105. The molecule has 3 heterocycles. The number of amides is 4. The first-order chi connectivity index (χ1) is 15.8. The number of rotatable bonds is 6. The van der Waals surface area contributed by atoms with Gasteiger partial charge < -0.3 is 11.1 Å². The smallest absolute Gasteiger partial charge is 0.272 e. The standard InChI is InChI=1S/C23H26N6O4/c1-2-14(11-27-17(19(24)30)7-10-25-27)20(31)26-18-15-5-3-4-6-16(15)21(32)28-12-23(8-9-23)13-29(28)22(18)33/h3-7,10,14,18H,2,8-9,11-13H2,1H3,(H2,24,30)(H,26,31)/t14-,18+/m1/s1. The lowest BCUT2D eigenvalue weighted by Gasteiger charge is -2.28. The van der Waals surface area contributed by atoms with Gasteiger partial charge >= 0.3 is 0 Å². The van der Waals surface area contributed by atoms with Crippen LogP contribution in [0.1, 0.15) is 58.6 Å². The maximum atomic E-state index is 13.6. The first-order valence-electron chi connectivity index (χ1n) is 11.2. The second kappa shape index (κ2) is 7.72. The summed E-state index contributed by atoms with van der Waals surface area (Å²) in [6.45, 7) is 3.01. The number of nitrogens with zero attached hydrogens (tertiary/aromatic N) is 4. The van der Waals surface area contributed by atoms with Gasteiger partial charge in [-0.2, -0.15) is 5.10 Å². The van der Waals surface area contributed by atoms with E-state index in [-0.39, 0.29) is 35.4 Å². The Morgan fingerprint density at radius 2 is 1.91 bits per heavy atom. The van der Waals surface area contributed by atoms with E-state index >= 15 is 0 Å². The van der Waals surface area contributed by atoms with Gasteiger partial charge in [-0.3, -0.25) is 23.9 Å². The molecule has 2 aliphatic heterocycles. The van der Waals surface area contributed by atoms with Crippen molar-refractivity contribution in [2.45, 2.75) is 38.8 Å². The summed E-state index contributed by atoms with van der Waals surface area (Å²) >= 11 is 0. The van der Waals surface area contributed by atoms with E-state index < -0.39 is 17.9 Å². The lowest BCUT2D eigenvalue weighted by atomic mass is 9.97. The van der Waals surface area contributed by atoms with Crippen LogP contribution in [0, 0.1) is 11.3 Å². The summed E-state index contributed by atoms with van der Waals surface area (Å²) in [4.78, 5) is 51.8. The summed E-state index contributed by atoms with van der Waals surface area (Å²) in [7, 11) is 0. The number of aromatic nitrogens is 2. The van der Waals surface area contributed by atoms with E-state index in [0.717, 1.165) is 12.8 Å². The molecular formula is C23H26N6O4. The molecule has 1 saturated heterocycles. The summed E-state index contributed by atoms with van der Waals surface area (Å²) in [5.74, 6) is -2.05. The Labute approximate surface area is 190 Å². The van der Waals surface area contributed by atoms with Gasteiger partial charge in [-0.05, 0) is 37.0 Å². The molecule has 0 radical (unpaired) electrons. The van der Waals surface area contributed by atoms with Crippen LogP contribution in [0.4, 0.5) is 0 Å². The number of hydrogen-bond donors (Lipinski definition) is 2.